The van der Waals surface area contributed by atoms with E-state index >= 15 is 0 Å². The Bertz CT molecular complexity index is 987. The van der Waals surface area contributed by atoms with E-state index in [1.807, 2.05) is 19.2 Å². The molecular weight excluding hydrogens is 368 g/mol. The lowest BCUT2D eigenvalue weighted by molar-refractivity contribution is -0.384. The number of aromatic nitrogens is 3. The Morgan fingerprint density at radius 2 is 2.00 bits per heavy atom. The Morgan fingerprint density at radius 3 is 2.70 bits per heavy atom. The molecule has 3 N–H and O–H groups in total. The number of hydrogen-bond donors (Lipinski definition) is 2. The van der Waals surface area contributed by atoms with Gasteiger partial charge in [0, 0.05) is 36.1 Å². The van der Waals surface area contributed by atoms with Crippen molar-refractivity contribution in [3.05, 3.63) is 58.6 Å². The fourth-order valence-electron chi connectivity index (χ4n) is 2.35. The highest BCUT2D eigenvalue weighted by molar-refractivity contribution is 7.99. The summed E-state index contributed by atoms with van der Waals surface area (Å²) < 4.78 is 1.79. The summed E-state index contributed by atoms with van der Waals surface area (Å²) in [7, 11) is 1.81. The highest BCUT2D eigenvalue weighted by Crippen LogP contribution is 2.24. The molecule has 3 aromatic rings. The fraction of sp³-hybridized carbons (Fsp3) is 0.118. The first kappa shape index (κ1) is 18.4. The van der Waals surface area contributed by atoms with Crippen LogP contribution in [0, 0.1) is 10.1 Å². The molecule has 10 heteroatoms. The highest BCUT2D eigenvalue weighted by atomic mass is 32.2. The maximum Gasteiger partial charge on any atom is 0.271 e. The van der Waals surface area contributed by atoms with E-state index in [-0.39, 0.29) is 17.3 Å². The molecule has 3 rings (SSSR count). The van der Waals surface area contributed by atoms with Crippen LogP contribution < -0.4 is 11.1 Å². The summed E-state index contributed by atoms with van der Waals surface area (Å²) >= 11 is 1.22. The number of nitro groups is 1. The second-order valence-corrected chi connectivity index (χ2v) is 6.57. The average Bonchev–Trinajstić information content (AvgIpc) is 3.01. The van der Waals surface area contributed by atoms with Crippen LogP contribution in [0.15, 0.2) is 53.7 Å². The van der Waals surface area contributed by atoms with Crippen LogP contribution >= 0.6 is 11.8 Å². The predicted molar refractivity (Wildman–Crippen MR) is 103 cm³/mol. The van der Waals surface area contributed by atoms with Crippen molar-refractivity contribution in [2.24, 2.45) is 7.05 Å². The minimum absolute atomic E-state index is 0.0816. The van der Waals surface area contributed by atoms with Gasteiger partial charge in [0.15, 0.2) is 11.0 Å². The van der Waals surface area contributed by atoms with Gasteiger partial charge in [-0.15, -0.1) is 10.2 Å². The second-order valence-electron chi connectivity index (χ2n) is 5.63. The second kappa shape index (κ2) is 7.87. The van der Waals surface area contributed by atoms with E-state index in [0.717, 1.165) is 5.56 Å². The summed E-state index contributed by atoms with van der Waals surface area (Å²) in [5.41, 5.74) is 7.51. The number of carbonyl (C=O) groups excluding carboxylic acids is 1. The third-order valence-electron chi connectivity index (χ3n) is 3.68. The number of benzene rings is 2. The van der Waals surface area contributed by atoms with Crippen molar-refractivity contribution >= 4 is 34.7 Å². The molecule has 0 aliphatic rings. The van der Waals surface area contributed by atoms with E-state index in [1.54, 1.807) is 22.8 Å². The molecule has 0 unspecified atom stereocenters. The van der Waals surface area contributed by atoms with E-state index in [1.165, 1.54) is 30.0 Å². The number of amides is 1. The van der Waals surface area contributed by atoms with Crippen LogP contribution in [0.2, 0.25) is 0 Å². The van der Waals surface area contributed by atoms with Gasteiger partial charge in [0.1, 0.15) is 0 Å². The zero-order valence-corrected chi connectivity index (χ0v) is 15.1. The van der Waals surface area contributed by atoms with Gasteiger partial charge in [0.25, 0.3) is 5.69 Å². The molecule has 138 valence electrons. The molecule has 1 aromatic heterocycles. The fourth-order valence-corrected chi connectivity index (χ4v) is 3.06. The number of nitrogen functional groups attached to an aromatic ring is 1. The summed E-state index contributed by atoms with van der Waals surface area (Å²) in [5.74, 6) is 0.463. The molecule has 9 nitrogen and oxygen atoms in total. The molecular formula is C17H16N6O3S. The van der Waals surface area contributed by atoms with Gasteiger partial charge in [-0.25, -0.2) is 0 Å². The van der Waals surface area contributed by atoms with Gasteiger partial charge in [-0.1, -0.05) is 17.8 Å². The summed E-state index contributed by atoms with van der Waals surface area (Å²) in [6.07, 6.45) is 0. The monoisotopic (exact) mass is 384 g/mol. The first-order valence-corrected chi connectivity index (χ1v) is 8.85. The van der Waals surface area contributed by atoms with Gasteiger partial charge in [-0.05, 0) is 30.3 Å². The largest absolute Gasteiger partial charge is 0.399 e. The molecule has 0 atom stereocenters. The normalized spacial score (nSPS) is 10.6. The molecule has 0 spiro atoms. The topological polar surface area (TPSA) is 129 Å². The number of non-ortho nitro benzene ring substituents is 1. The number of nitrogens with zero attached hydrogens (tertiary/aromatic N) is 4. The van der Waals surface area contributed by atoms with Gasteiger partial charge >= 0.3 is 0 Å². The first-order valence-electron chi connectivity index (χ1n) is 7.86. The first-order chi connectivity index (χ1) is 12.9. The molecule has 0 bridgehead atoms. The Morgan fingerprint density at radius 1 is 1.26 bits per heavy atom. The lowest BCUT2D eigenvalue weighted by atomic mass is 10.2. The molecule has 27 heavy (non-hydrogen) atoms. The van der Waals surface area contributed by atoms with Crippen molar-refractivity contribution in [2.75, 3.05) is 16.8 Å². The smallest absolute Gasteiger partial charge is 0.271 e. The molecule has 0 aliphatic carbocycles. The predicted octanol–water partition coefficient (Wildman–Crippen LogP) is 2.70. The van der Waals surface area contributed by atoms with Gasteiger partial charge in [-0.3, -0.25) is 14.9 Å². The molecule has 0 fully saturated rings. The van der Waals surface area contributed by atoms with E-state index in [4.69, 9.17) is 5.73 Å². The number of nitro benzene ring substituents is 1. The number of anilines is 2. The molecule has 1 amide bonds. The number of nitrogens with one attached hydrogen (secondary N) is 1. The van der Waals surface area contributed by atoms with Crippen LogP contribution in [0.4, 0.5) is 17.1 Å². The SMILES string of the molecule is Cn1c(SCC(=O)Nc2cccc([N+](=O)[O-])c2)nnc1-c1ccc(N)cc1. The van der Waals surface area contributed by atoms with Crippen LogP contribution in [0.1, 0.15) is 0 Å². The minimum atomic E-state index is -0.511. The van der Waals surface area contributed by atoms with Gasteiger partial charge in [0.2, 0.25) is 5.91 Å². The Balaban J connectivity index is 1.63. The molecule has 1 heterocycles. The quantitative estimate of drug-likeness (QED) is 0.289. The lowest BCUT2D eigenvalue weighted by Crippen LogP contribution is -2.14. The molecule has 0 saturated carbocycles. The number of thioether (sulfide) groups is 1. The zero-order valence-electron chi connectivity index (χ0n) is 14.3. The summed E-state index contributed by atoms with van der Waals surface area (Å²) in [4.78, 5) is 22.4. The maximum absolute atomic E-state index is 12.1. The van der Waals surface area contributed by atoms with Crippen molar-refractivity contribution in [2.45, 2.75) is 5.16 Å². The average molecular weight is 384 g/mol. The molecule has 0 saturated heterocycles. The van der Waals surface area contributed by atoms with Crippen LogP contribution in [0.3, 0.4) is 0 Å². The number of nitrogens with two attached hydrogens (primary N) is 1. The molecule has 0 radical (unpaired) electrons. The van der Waals surface area contributed by atoms with E-state index < -0.39 is 4.92 Å². The maximum atomic E-state index is 12.1. The number of carbonyl (C=O) groups is 1. The van der Waals surface area contributed by atoms with Crippen molar-refractivity contribution < 1.29 is 9.72 Å². The standard InChI is InChI=1S/C17H16N6O3S/c1-22-16(11-5-7-12(18)8-6-11)20-21-17(22)27-10-15(24)19-13-3-2-4-14(9-13)23(25)26/h2-9H,10,18H2,1H3,(H,19,24). The number of hydrogen-bond acceptors (Lipinski definition) is 7. The Kier molecular flexibility index (Phi) is 5.36. The van der Waals surface area contributed by atoms with Gasteiger partial charge in [-0.2, -0.15) is 0 Å². The van der Waals surface area contributed by atoms with Crippen LogP contribution in [-0.4, -0.2) is 31.3 Å². The van der Waals surface area contributed by atoms with Gasteiger partial charge in [0.05, 0.1) is 10.7 Å². The number of rotatable bonds is 6. The van der Waals surface area contributed by atoms with Crippen LogP contribution in [0.25, 0.3) is 11.4 Å². The summed E-state index contributed by atoms with van der Waals surface area (Å²) in [6.45, 7) is 0. The highest BCUT2D eigenvalue weighted by Gasteiger charge is 2.14. The third kappa shape index (κ3) is 4.42. The van der Waals surface area contributed by atoms with Crippen LogP contribution in [-0.2, 0) is 11.8 Å². The molecule has 0 aliphatic heterocycles. The van der Waals surface area contributed by atoms with Crippen molar-refractivity contribution in [3.63, 3.8) is 0 Å². The summed E-state index contributed by atoms with van der Waals surface area (Å²) in [5, 5.41) is 22.3. The van der Waals surface area contributed by atoms with Crippen LogP contribution in [0.5, 0.6) is 0 Å². The van der Waals surface area contributed by atoms with Crippen molar-refractivity contribution in [1.82, 2.24) is 14.8 Å². The Hall–Kier alpha value is -3.40. The van der Waals surface area contributed by atoms with Crippen molar-refractivity contribution in [3.8, 4) is 11.4 Å². The zero-order chi connectivity index (χ0) is 19.4. The van der Waals surface area contributed by atoms with Crippen molar-refractivity contribution in [1.29, 1.82) is 0 Å². The minimum Gasteiger partial charge on any atom is -0.399 e. The van der Waals surface area contributed by atoms with E-state index in [9.17, 15) is 14.9 Å². The van der Waals surface area contributed by atoms with E-state index in [2.05, 4.69) is 15.5 Å². The van der Waals surface area contributed by atoms with Gasteiger partial charge < -0.3 is 15.6 Å². The molecule has 2 aromatic carbocycles. The Labute approximate surface area is 158 Å². The third-order valence-corrected chi connectivity index (χ3v) is 4.70. The van der Waals surface area contributed by atoms with E-state index in [0.29, 0.717) is 22.4 Å². The lowest BCUT2D eigenvalue weighted by Gasteiger charge is -2.06. The summed E-state index contributed by atoms with van der Waals surface area (Å²) in [6, 6.07) is 13.0.